The number of aromatic nitrogens is 2. The van der Waals surface area contributed by atoms with E-state index < -0.39 is 0 Å². The summed E-state index contributed by atoms with van der Waals surface area (Å²) < 4.78 is 11.2. The Labute approximate surface area is 163 Å². The maximum atomic E-state index is 12.4. The molecule has 3 heterocycles. The summed E-state index contributed by atoms with van der Waals surface area (Å²) in [5.41, 5.74) is 1.68. The summed E-state index contributed by atoms with van der Waals surface area (Å²) in [6, 6.07) is 13.5. The van der Waals surface area contributed by atoms with Crippen LogP contribution < -0.4 is 10.2 Å². The Morgan fingerprint density at radius 2 is 1.89 bits per heavy atom. The Morgan fingerprint density at radius 1 is 1.07 bits per heavy atom. The molecule has 0 spiro atoms. The lowest BCUT2D eigenvalue weighted by Crippen LogP contribution is -2.37. The van der Waals surface area contributed by atoms with Gasteiger partial charge in [-0.15, -0.1) is 0 Å². The number of morpholine rings is 1. The molecule has 0 atom stereocenters. The molecule has 144 valence electrons. The number of amides is 1. The minimum atomic E-state index is -0.0954. The number of nitrogens with zero attached hydrogens (tertiary/aromatic N) is 3. The lowest BCUT2D eigenvalue weighted by atomic mass is 10.2. The molecule has 7 nitrogen and oxygen atoms in total. The molecule has 28 heavy (non-hydrogen) atoms. The van der Waals surface area contributed by atoms with Crippen molar-refractivity contribution in [3.8, 4) is 11.3 Å². The molecule has 1 aliphatic heterocycles. The molecule has 0 radical (unpaired) electrons. The minimum absolute atomic E-state index is 0.0954. The molecule has 1 saturated heterocycles. The van der Waals surface area contributed by atoms with Gasteiger partial charge in [-0.25, -0.2) is 9.97 Å². The van der Waals surface area contributed by atoms with Crippen molar-refractivity contribution in [3.63, 3.8) is 0 Å². The van der Waals surface area contributed by atoms with E-state index in [0.29, 0.717) is 37.0 Å². The first-order chi connectivity index (χ1) is 13.8. The highest BCUT2D eigenvalue weighted by Gasteiger charge is 2.17. The number of aryl methyl sites for hydroxylation is 1. The van der Waals surface area contributed by atoms with E-state index >= 15 is 0 Å². The zero-order chi connectivity index (χ0) is 19.2. The maximum absolute atomic E-state index is 12.4. The van der Waals surface area contributed by atoms with Crippen molar-refractivity contribution in [2.75, 3.05) is 36.5 Å². The Bertz CT molecular complexity index is 920. The standard InChI is InChI=1S/C21H22N4O3/c26-19(8-9-20-23-15-18(28-20)16-5-2-1-3-6-16)24-17-7-4-10-22-21(17)25-11-13-27-14-12-25/h1-7,10,15H,8-9,11-14H2,(H,24,26). The molecule has 1 fully saturated rings. The van der Waals surface area contributed by atoms with Crippen molar-refractivity contribution in [2.24, 2.45) is 0 Å². The number of oxazole rings is 1. The summed E-state index contributed by atoms with van der Waals surface area (Å²) in [7, 11) is 0. The zero-order valence-electron chi connectivity index (χ0n) is 15.5. The van der Waals surface area contributed by atoms with Gasteiger partial charge in [-0.05, 0) is 12.1 Å². The molecular formula is C21H22N4O3. The number of benzene rings is 1. The molecule has 2 aromatic heterocycles. The molecule has 7 heteroatoms. The molecule has 1 aromatic carbocycles. The van der Waals surface area contributed by atoms with Crippen LogP contribution in [0.5, 0.6) is 0 Å². The number of hydrogen-bond donors (Lipinski definition) is 1. The highest BCUT2D eigenvalue weighted by atomic mass is 16.5. The first kappa shape index (κ1) is 18.2. The summed E-state index contributed by atoms with van der Waals surface area (Å²) in [4.78, 5) is 23.3. The minimum Gasteiger partial charge on any atom is -0.441 e. The summed E-state index contributed by atoms with van der Waals surface area (Å²) >= 11 is 0. The zero-order valence-corrected chi connectivity index (χ0v) is 15.5. The summed E-state index contributed by atoms with van der Waals surface area (Å²) in [6.07, 6.45) is 4.15. The highest BCUT2D eigenvalue weighted by molar-refractivity contribution is 5.93. The van der Waals surface area contributed by atoms with E-state index in [1.807, 2.05) is 42.5 Å². The van der Waals surface area contributed by atoms with Gasteiger partial charge in [0.15, 0.2) is 17.5 Å². The quantitative estimate of drug-likeness (QED) is 0.710. The second kappa shape index (κ2) is 8.67. The average molecular weight is 378 g/mol. The maximum Gasteiger partial charge on any atom is 0.224 e. The van der Waals surface area contributed by atoms with Crippen LogP contribution in [-0.2, 0) is 16.0 Å². The van der Waals surface area contributed by atoms with Crippen LogP contribution in [0.3, 0.4) is 0 Å². The van der Waals surface area contributed by atoms with Gasteiger partial charge in [0.25, 0.3) is 0 Å². The predicted molar refractivity (Wildman–Crippen MR) is 106 cm³/mol. The third kappa shape index (κ3) is 4.37. The van der Waals surface area contributed by atoms with E-state index in [1.165, 1.54) is 0 Å². The van der Waals surface area contributed by atoms with Crippen LogP contribution in [0.1, 0.15) is 12.3 Å². The van der Waals surface area contributed by atoms with Gasteiger partial charge in [0.1, 0.15) is 0 Å². The number of nitrogens with one attached hydrogen (secondary N) is 1. The van der Waals surface area contributed by atoms with Crippen molar-refractivity contribution in [1.29, 1.82) is 0 Å². The van der Waals surface area contributed by atoms with E-state index in [4.69, 9.17) is 9.15 Å². The van der Waals surface area contributed by atoms with Crippen LogP contribution in [0, 0.1) is 0 Å². The molecule has 0 bridgehead atoms. The Kier molecular flexibility index (Phi) is 5.63. The van der Waals surface area contributed by atoms with Crippen molar-refractivity contribution in [3.05, 3.63) is 60.7 Å². The number of carbonyl (C=O) groups is 1. The molecular weight excluding hydrogens is 356 g/mol. The van der Waals surface area contributed by atoms with E-state index in [1.54, 1.807) is 12.4 Å². The van der Waals surface area contributed by atoms with Crippen LogP contribution >= 0.6 is 0 Å². The summed E-state index contributed by atoms with van der Waals surface area (Å²) in [5, 5.41) is 2.96. The number of hydrogen-bond acceptors (Lipinski definition) is 6. The van der Waals surface area contributed by atoms with Gasteiger partial charge in [-0.1, -0.05) is 30.3 Å². The number of pyridine rings is 1. The van der Waals surface area contributed by atoms with Crippen LogP contribution in [0.15, 0.2) is 59.3 Å². The SMILES string of the molecule is O=C(CCc1ncc(-c2ccccc2)o1)Nc1cccnc1N1CCOCC1. The Balaban J connectivity index is 1.36. The smallest absolute Gasteiger partial charge is 0.224 e. The van der Waals surface area contributed by atoms with E-state index in [9.17, 15) is 4.79 Å². The lowest BCUT2D eigenvalue weighted by molar-refractivity contribution is -0.116. The molecule has 0 aliphatic carbocycles. The van der Waals surface area contributed by atoms with E-state index in [2.05, 4.69) is 20.2 Å². The highest BCUT2D eigenvalue weighted by Crippen LogP contribution is 2.24. The van der Waals surface area contributed by atoms with Gasteiger partial charge < -0.3 is 19.4 Å². The number of anilines is 2. The van der Waals surface area contributed by atoms with E-state index in [0.717, 1.165) is 24.5 Å². The fourth-order valence-electron chi connectivity index (χ4n) is 3.12. The third-order valence-corrected chi connectivity index (χ3v) is 4.55. The van der Waals surface area contributed by atoms with E-state index in [-0.39, 0.29) is 12.3 Å². The fraction of sp³-hybridized carbons (Fsp3) is 0.286. The fourth-order valence-corrected chi connectivity index (χ4v) is 3.12. The molecule has 3 aromatic rings. The van der Waals surface area contributed by atoms with Crippen LogP contribution in [0.4, 0.5) is 11.5 Å². The summed E-state index contributed by atoms with van der Waals surface area (Å²) in [5.74, 6) is 1.94. The van der Waals surface area contributed by atoms with Crippen molar-refractivity contribution in [2.45, 2.75) is 12.8 Å². The average Bonchev–Trinajstić information content (AvgIpc) is 3.23. The van der Waals surface area contributed by atoms with Crippen molar-refractivity contribution < 1.29 is 13.9 Å². The molecule has 0 saturated carbocycles. The van der Waals surface area contributed by atoms with Gasteiger partial charge in [-0.3, -0.25) is 4.79 Å². The predicted octanol–water partition coefficient (Wildman–Crippen LogP) is 3.14. The van der Waals surface area contributed by atoms with Crippen LogP contribution in [0.25, 0.3) is 11.3 Å². The van der Waals surface area contributed by atoms with Gasteiger partial charge in [0.2, 0.25) is 5.91 Å². The molecule has 1 amide bonds. The molecule has 0 unspecified atom stereocenters. The Hall–Kier alpha value is -3.19. The third-order valence-electron chi connectivity index (χ3n) is 4.55. The topological polar surface area (TPSA) is 80.5 Å². The van der Waals surface area contributed by atoms with Gasteiger partial charge >= 0.3 is 0 Å². The van der Waals surface area contributed by atoms with Gasteiger partial charge in [-0.2, -0.15) is 0 Å². The second-order valence-electron chi connectivity index (χ2n) is 6.51. The van der Waals surface area contributed by atoms with Gasteiger partial charge in [0, 0.05) is 37.7 Å². The van der Waals surface area contributed by atoms with Crippen LogP contribution in [-0.4, -0.2) is 42.2 Å². The van der Waals surface area contributed by atoms with Gasteiger partial charge in [0.05, 0.1) is 25.1 Å². The number of rotatable bonds is 6. The van der Waals surface area contributed by atoms with Crippen LogP contribution in [0.2, 0.25) is 0 Å². The first-order valence-corrected chi connectivity index (χ1v) is 9.37. The normalized spacial score (nSPS) is 14.1. The number of ether oxygens (including phenoxy) is 1. The second-order valence-corrected chi connectivity index (χ2v) is 6.51. The monoisotopic (exact) mass is 378 g/mol. The van der Waals surface area contributed by atoms with Crippen molar-refractivity contribution in [1.82, 2.24) is 9.97 Å². The molecule has 1 N–H and O–H groups in total. The van der Waals surface area contributed by atoms with Crippen molar-refractivity contribution >= 4 is 17.4 Å². The lowest BCUT2D eigenvalue weighted by Gasteiger charge is -2.29. The first-order valence-electron chi connectivity index (χ1n) is 9.37. The number of carbonyl (C=O) groups excluding carboxylic acids is 1. The largest absolute Gasteiger partial charge is 0.441 e. The molecule has 1 aliphatic rings. The Morgan fingerprint density at radius 3 is 2.71 bits per heavy atom. The summed E-state index contributed by atoms with van der Waals surface area (Å²) in [6.45, 7) is 2.85. The molecule has 4 rings (SSSR count).